The van der Waals surface area contributed by atoms with E-state index in [-0.39, 0.29) is 63.3 Å². The number of hydrogen-bond donors (Lipinski definition) is 2. The molecule has 0 saturated heterocycles. The zero-order valence-corrected chi connectivity index (χ0v) is 41.2. The van der Waals surface area contributed by atoms with Gasteiger partial charge in [-0.05, 0) is 65.5 Å². The van der Waals surface area contributed by atoms with Gasteiger partial charge in [0.2, 0.25) is 0 Å². The average molecular weight is 883 g/mol. The molecule has 0 bridgehead atoms. The molecule has 0 saturated carbocycles. The van der Waals surface area contributed by atoms with E-state index in [0.29, 0.717) is 19.6 Å². The minimum Gasteiger partial charge on any atom is -0.464 e. The first-order chi connectivity index (χ1) is 30.1. The maximum Gasteiger partial charge on any atom is 0.407 e. The zero-order chi connectivity index (χ0) is 45.7. The van der Waals surface area contributed by atoms with Gasteiger partial charge in [-0.2, -0.15) is 0 Å². The number of nitrogens with one attached hydrogen (secondary N) is 2. The zero-order valence-electron chi connectivity index (χ0n) is 41.2. The molecule has 366 valence electrons. The van der Waals surface area contributed by atoms with E-state index in [9.17, 15) is 19.2 Å². The van der Waals surface area contributed by atoms with Crippen LogP contribution in [0.3, 0.4) is 0 Å². The molecule has 0 rings (SSSR count). The second-order valence-corrected chi connectivity index (χ2v) is 17.7. The molecule has 0 aliphatic rings. The van der Waals surface area contributed by atoms with Gasteiger partial charge in [0.15, 0.2) is 0 Å². The van der Waals surface area contributed by atoms with E-state index >= 15 is 0 Å². The Kier molecular flexibility index (Phi) is 43.1. The van der Waals surface area contributed by atoms with Crippen LogP contribution in [0.25, 0.3) is 0 Å². The molecule has 0 aromatic rings. The summed E-state index contributed by atoms with van der Waals surface area (Å²) in [6, 6.07) is 0. The quantitative estimate of drug-likeness (QED) is 0.0346. The summed E-state index contributed by atoms with van der Waals surface area (Å²) in [7, 11) is 3.96. The van der Waals surface area contributed by atoms with Crippen molar-refractivity contribution in [3.05, 3.63) is 0 Å². The largest absolute Gasteiger partial charge is 0.464 e. The molecule has 62 heavy (non-hydrogen) atoms. The molecule has 0 fully saturated rings. The molecule has 12 nitrogen and oxygen atoms in total. The first kappa shape index (κ1) is 59.4. The summed E-state index contributed by atoms with van der Waals surface area (Å²) in [5.74, 6) is -0.721. The van der Waals surface area contributed by atoms with Gasteiger partial charge in [0.1, 0.15) is 25.4 Å². The van der Waals surface area contributed by atoms with E-state index in [4.69, 9.17) is 18.9 Å². The monoisotopic (exact) mass is 883 g/mol. The number of esters is 2. The normalized spacial score (nSPS) is 11.5. The van der Waals surface area contributed by atoms with Crippen molar-refractivity contribution in [3.8, 4) is 0 Å². The summed E-state index contributed by atoms with van der Waals surface area (Å²) in [6.45, 7) is 11.7. The second kappa shape index (κ2) is 45.0. The molecule has 0 heterocycles. The van der Waals surface area contributed by atoms with Crippen molar-refractivity contribution in [2.75, 3.05) is 66.6 Å². The van der Waals surface area contributed by atoms with E-state index in [2.05, 4.69) is 48.1 Å². The van der Waals surface area contributed by atoms with Gasteiger partial charge in [-0.1, -0.05) is 156 Å². The molecule has 0 aliphatic carbocycles. The lowest BCUT2D eigenvalue weighted by Gasteiger charge is -2.23. The number of nitrogens with zero attached hydrogens (tertiary/aromatic N) is 2. The molecule has 0 spiro atoms. The van der Waals surface area contributed by atoms with Crippen molar-refractivity contribution in [3.63, 3.8) is 0 Å². The molecule has 0 aromatic carbocycles. The Morgan fingerprint density at radius 3 is 1.03 bits per heavy atom. The minimum absolute atomic E-state index is 0.0674. The summed E-state index contributed by atoms with van der Waals surface area (Å²) < 4.78 is 22.5. The number of unbranched alkanes of at least 4 members (excludes halogenated alkanes) is 20. The number of rotatable bonds is 45. The van der Waals surface area contributed by atoms with Crippen molar-refractivity contribution < 1.29 is 38.1 Å². The standard InChI is InChI=1S/C50H98N4O8/c1-7-11-15-19-23-27-31-45(32-28-24-20-16-12-8-2)61-49(57)51-37-43-59-47(55)35-39-54(42-41-53(5)6)40-36-48(56)60-44-38-52-50(58)62-46(33-29-25-21-17-13-9-3)34-30-26-22-18-14-10-4/h45-46H,7-44H2,1-6H3,(H,51,57)(H,52,58). The summed E-state index contributed by atoms with van der Waals surface area (Å²) >= 11 is 0. The van der Waals surface area contributed by atoms with Crippen molar-refractivity contribution >= 4 is 24.1 Å². The minimum atomic E-state index is -0.452. The Hall–Kier alpha value is -2.60. The highest BCUT2D eigenvalue weighted by Crippen LogP contribution is 2.19. The molecule has 2 N–H and O–H groups in total. The van der Waals surface area contributed by atoms with Crippen LogP contribution < -0.4 is 10.6 Å². The van der Waals surface area contributed by atoms with E-state index in [0.717, 1.165) is 57.9 Å². The highest BCUT2D eigenvalue weighted by Gasteiger charge is 2.17. The third kappa shape index (κ3) is 41.4. The fraction of sp³-hybridized carbons (Fsp3) is 0.920. The SMILES string of the molecule is CCCCCCCCC(CCCCCCCC)OC(=O)NCCOC(=O)CCN(CCC(=O)OCCNC(=O)OC(CCCCCCCC)CCCCCCCC)CCN(C)C. The number of carbonyl (C=O) groups is 4. The van der Waals surface area contributed by atoms with Crippen molar-refractivity contribution in [1.29, 1.82) is 0 Å². The molecular weight excluding hydrogens is 785 g/mol. The lowest BCUT2D eigenvalue weighted by atomic mass is 10.0. The third-order valence-electron chi connectivity index (χ3n) is 11.5. The molecule has 0 atom stereocenters. The van der Waals surface area contributed by atoms with E-state index < -0.39 is 12.2 Å². The van der Waals surface area contributed by atoms with Crippen LogP contribution in [0.4, 0.5) is 9.59 Å². The Morgan fingerprint density at radius 2 is 0.726 bits per heavy atom. The molecule has 0 aromatic heterocycles. The number of likely N-dealkylation sites (N-methyl/N-ethyl adjacent to an activating group) is 1. The van der Waals surface area contributed by atoms with E-state index in [1.807, 2.05) is 14.1 Å². The van der Waals surface area contributed by atoms with Gasteiger partial charge in [-0.3, -0.25) is 9.59 Å². The number of alkyl carbamates (subject to hydrolysis) is 2. The Balaban J connectivity index is 4.60. The molecule has 12 heteroatoms. The highest BCUT2D eigenvalue weighted by atomic mass is 16.6. The molecule has 0 aliphatic heterocycles. The van der Waals surface area contributed by atoms with Crippen molar-refractivity contribution in [2.45, 2.75) is 233 Å². The van der Waals surface area contributed by atoms with E-state index in [1.165, 1.54) is 128 Å². The predicted molar refractivity (Wildman–Crippen MR) is 255 cm³/mol. The van der Waals surface area contributed by atoms with Crippen LogP contribution in [0.15, 0.2) is 0 Å². The summed E-state index contributed by atoms with van der Waals surface area (Å²) in [5, 5.41) is 5.53. The number of carbonyl (C=O) groups excluding carboxylic acids is 4. The summed E-state index contributed by atoms with van der Waals surface area (Å²) in [6.07, 6.45) is 31.7. The highest BCUT2D eigenvalue weighted by molar-refractivity contribution is 5.71. The van der Waals surface area contributed by atoms with Gasteiger partial charge in [-0.25, -0.2) is 9.59 Å². The van der Waals surface area contributed by atoms with Gasteiger partial charge in [0.05, 0.1) is 25.9 Å². The van der Waals surface area contributed by atoms with Gasteiger partial charge >= 0.3 is 24.1 Å². The van der Waals surface area contributed by atoms with Gasteiger partial charge < -0.3 is 39.4 Å². The van der Waals surface area contributed by atoms with Crippen LogP contribution in [0.5, 0.6) is 0 Å². The van der Waals surface area contributed by atoms with Crippen LogP contribution in [-0.4, -0.2) is 113 Å². The third-order valence-corrected chi connectivity index (χ3v) is 11.5. The molecule has 2 amide bonds. The van der Waals surface area contributed by atoms with Gasteiger partial charge in [0, 0.05) is 26.2 Å². The number of ether oxygens (including phenoxy) is 4. The molecule has 0 unspecified atom stereocenters. The van der Waals surface area contributed by atoms with Crippen molar-refractivity contribution in [2.24, 2.45) is 0 Å². The van der Waals surface area contributed by atoms with Crippen LogP contribution in [0.1, 0.15) is 220 Å². The van der Waals surface area contributed by atoms with Crippen LogP contribution in [0.2, 0.25) is 0 Å². The van der Waals surface area contributed by atoms with E-state index in [1.54, 1.807) is 0 Å². The first-order valence-corrected chi connectivity index (χ1v) is 25.7. The second-order valence-electron chi connectivity index (χ2n) is 17.7. The topological polar surface area (TPSA) is 136 Å². The van der Waals surface area contributed by atoms with Gasteiger partial charge in [0.25, 0.3) is 0 Å². The average Bonchev–Trinajstić information content (AvgIpc) is 3.25. The maximum absolute atomic E-state index is 12.6. The van der Waals surface area contributed by atoms with Crippen molar-refractivity contribution in [1.82, 2.24) is 20.4 Å². The summed E-state index contributed by atoms with van der Waals surface area (Å²) in [4.78, 5) is 54.7. The summed E-state index contributed by atoms with van der Waals surface area (Å²) in [5.41, 5.74) is 0. The Labute approximate surface area is 380 Å². The maximum atomic E-state index is 12.6. The van der Waals surface area contributed by atoms with Crippen LogP contribution in [0, 0.1) is 0 Å². The number of hydrogen-bond acceptors (Lipinski definition) is 10. The first-order valence-electron chi connectivity index (χ1n) is 25.7. The number of amides is 2. The van der Waals surface area contributed by atoms with Crippen LogP contribution >= 0.6 is 0 Å². The smallest absolute Gasteiger partial charge is 0.407 e. The van der Waals surface area contributed by atoms with Crippen LogP contribution in [-0.2, 0) is 28.5 Å². The lowest BCUT2D eigenvalue weighted by Crippen LogP contribution is -2.36. The Morgan fingerprint density at radius 1 is 0.419 bits per heavy atom. The predicted octanol–water partition coefficient (Wildman–Crippen LogP) is 11.9. The van der Waals surface area contributed by atoms with Gasteiger partial charge in [-0.15, -0.1) is 0 Å². The molecular formula is C50H98N4O8. The fourth-order valence-corrected chi connectivity index (χ4v) is 7.48. The Bertz CT molecular complexity index is 942. The lowest BCUT2D eigenvalue weighted by molar-refractivity contribution is -0.144. The fourth-order valence-electron chi connectivity index (χ4n) is 7.48. The molecule has 0 radical (unpaired) electrons.